The van der Waals surface area contributed by atoms with E-state index in [1.54, 1.807) is 36.6 Å². The molecule has 0 spiro atoms. The zero-order valence-corrected chi connectivity index (χ0v) is 17.5. The Bertz CT molecular complexity index is 751. The van der Waals surface area contributed by atoms with Gasteiger partial charge in [-0.3, -0.25) is 4.79 Å². The van der Waals surface area contributed by atoms with Gasteiger partial charge >= 0.3 is 0 Å². The minimum absolute atomic E-state index is 0. The number of piperidine rings is 1. The molecule has 1 aromatic carbocycles. The van der Waals surface area contributed by atoms with Crippen LogP contribution in [0.3, 0.4) is 0 Å². The largest absolute Gasteiger partial charge is 0.495 e. The fraction of sp³-hybridized carbons (Fsp3) is 0.444. The van der Waals surface area contributed by atoms with Gasteiger partial charge in [0, 0.05) is 29.1 Å². The number of aromatic nitrogens is 1. The summed E-state index contributed by atoms with van der Waals surface area (Å²) in [5.74, 6) is 1.18. The van der Waals surface area contributed by atoms with Crippen molar-refractivity contribution in [2.24, 2.45) is 0 Å². The molecule has 0 bridgehead atoms. The summed E-state index contributed by atoms with van der Waals surface area (Å²) in [6.45, 7) is 2.57. The van der Waals surface area contributed by atoms with Crippen LogP contribution < -0.4 is 20.7 Å². The van der Waals surface area contributed by atoms with Gasteiger partial charge in [0.2, 0.25) is 5.91 Å². The second kappa shape index (κ2) is 10.7. The molecular weight excluding hydrogens is 407 g/mol. The zero-order valence-electron chi connectivity index (χ0n) is 15.1. The van der Waals surface area contributed by atoms with E-state index in [1.165, 1.54) is 4.88 Å². The van der Waals surface area contributed by atoms with E-state index < -0.39 is 0 Å². The van der Waals surface area contributed by atoms with Crippen molar-refractivity contribution < 1.29 is 9.53 Å². The summed E-state index contributed by atoms with van der Waals surface area (Å²) in [4.78, 5) is 17.8. The van der Waals surface area contributed by atoms with Crippen molar-refractivity contribution in [1.82, 2.24) is 10.3 Å². The SMILES string of the molecule is COc1ccc(Cl)cc1NCCC(=O)Nc1ncc(C2CCNCC2)s1.Cl. The number of nitrogens with one attached hydrogen (secondary N) is 3. The molecule has 148 valence electrons. The van der Waals surface area contributed by atoms with Crippen molar-refractivity contribution in [1.29, 1.82) is 0 Å². The number of hydrogen-bond acceptors (Lipinski definition) is 6. The lowest BCUT2D eigenvalue weighted by Crippen LogP contribution is -2.26. The van der Waals surface area contributed by atoms with Crippen LogP contribution in [0.4, 0.5) is 10.8 Å². The monoisotopic (exact) mass is 430 g/mol. The van der Waals surface area contributed by atoms with Gasteiger partial charge in [0.25, 0.3) is 0 Å². The molecule has 6 nitrogen and oxygen atoms in total. The molecule has 1 aliphatic rings. The highest BCUT2D eigenvalue weighted by molar-refractivity contribution is 7.15. The highest BCUT2D eigenvalue weighted by Crippen LogP contribution is 2.31. The molecule has 0 radical (unpaired) electrons. The quantitative estimate of drug-likeness (QED) is 0.615. The predicted molar refractivity (Wildman–Crippen MR) is 114 cm³/mol. The summed E-state index contributed by atoms with van der Waals surface area (Å²) in [7, 11) is 1.60. The number of anilines is 2. The van der Waals surface area contributed by atoms with E-state index in [-0.39, 0.29) is 18.3 Å². The molecule has 0 unspecified atom stereocenters. The van der Waals surface area contributed by atoms with Gasteiger partial charge in [-0.25, -0.2) is 4.98 Å². The van der Waals surface area contributed by atoms with E-state index in [4.69, 9.17) is 16.3 Å². The zero-order chi connectivity index (χ0) is 18.4. The summed E-state index contributed by atoms with van der Waals surface area (Å²) in [5, 5.41) is 10.7. The molecule has 2 heterocycles. The smallest absolute Gasteiger partial charge is 0.227 e. The van der Waals surface area contributed by atoms with Crippen molar-refractivity contribution >= 4 is 52.1 Å². The van der Waals surface area contributed by atoms with Crippen molar-refractivity contribution in [3.8, 4) is 5.75 Å². The number of halogens is 2. The second-order valence-electron chi connectivity index (χ2n) is 6.16. The molecular formula is C18H24Cl2N4O2S. The Labute approximate surface area is 174 Å². The fourth-order valence-corrected chi connectivity index (χ4v) is 4.12. The minimum Gasteiger partial charge on any atom is -0.495 e. The van der Waals surface area contributed by atoms with Gasteiger partial charge in [-0.2, -0.15) is 0 Å². The van der Waals surface area contributed by atoms with Crippen molar-refractivity contribution in [2.45, 2.75) is 25.2 Å². The first-order valence-corrected chi connectivity index (χ1v) is 9.89. The third-order valence-corrected chi connectivity index (χ3v) is 5.65. The Morgan fingerprint density at radius 1 is 1.41 bits per heavy atom. The first-order valence-electron chi connectivity index (χ1n) is 8.69. The summed E-state index contributed by atoms with van der Waals surface area (Å²) in [6, 6.07) is 5.34. The van der Waals surface area contributed by atoms with E-state index >= 15 is 0 Å². The molecule has 1 fully saturated rings. The van der Waals surface area contributed by atoms with Gasteiger partial charge in [-0.15, -0.1) is 23.7 Å². The van der Waals surface area contributed by atoms with Gasteiger partial charge in [0.15, 0.2) is 5.13 Å². The lowest BCUT2D eigenvalue weighted by atomic mass is 9.97. The number of carbonyl (C=O) groups is 1. The Kier molecular flexibility index (Phi) is 8.63. The maximum atomic E-state index is 12.2. The highest BCUT2D eigenvalue weighted by Gasteiger charge is 2.18. The Morgan fingerprint density at radius 2 is 2.19 bits per heavy atom. The molecule has 9 heteroatoms. The molecule has 1 amide bonds. The number of rotatable bonds is 7. The van der Waals surface area contributed by atoms with E-state index in [1.807, 2.05) is 6.20 Å². The van der Waals surface area contributed by atoms with Gasteiger partial charge in [0.1, 0.15) is 5.75 Å². The Hall–Kier alpha value is -1.54. The number of thiazole rings is 1. The van der Waals surface area contributed by atoms with Crippen LogP contribution in [0.15, 0.2) is 24.4 Å². The van der Waals surface area contributed by atoms with Crippen LogP contribution in [-0.4, -0.2) is 37.6 Å². The molecule has 2 aromatic rings. The van der Waals surface area contributed by atoms with Crippen LogP contribution in [0.5, 0.6) is 5.75 Å². The normalized spacial score (nSPS) is 14.3. The van der Waals surface area contributed by atoms with E-state index in [2.05, 4.69) is 20.9 Å². The van der Waals surface area contributed by atoms with Crippen LogP contribution in [0.25, 0.3) is 0 Å². The number of ether oxygens (including phenoxy) is 1. The molecule has 1 aliphatic heterocycles. The third-order valence-electron chi connectivity index (χ3n) is 4.34. The van der Waals surface area contributed by atoms with Gasteiger partial charge in [0.05, 0.1) is 12.8 Å². The molecule has 27 heavy (non-hydrogen) atoms. The fourth-order valence-electron chi connectivity index (χ4n) is 2.95. The predicted octanol–water partition coefficient (Wildman–Crippen LogP) is 4.13. The molecule has 1 aromatic heterocycles. The van der Waals surface area contributed by atoms with Crippen molar-refractivity contribution in [3.05, 3.63) is 34.3 Å². The first-order chi connectivity index (χ1) is 12.7. The molecule has 3 rings (SSSR count). The number of amides is 1. The Balaban J connectivity index is 0.00000261. The molecule has 0 saturated carbocycles. The number of methoxy groups -OCH3 is 1. The summed E-state index contributed by atoms with van der Waals surface area (Å²) < 4.78 is 5.28. The number of carbonyl (C=O) groups excluding carboxylic acids is 1. The average Bonchev–Trinajstić information content (AvgIpc) is 3.11. The van der Waals surface area contributed by atoms with Crippen LogP contribution in [0, 0.1) is 0 Å². The van der Waals surface area contributed by atoms with Gasteiger partial charge in [-0.05, 0) is 50.0 Å². The molecule has 0 aliphatic carbocycles. The van der Waals surface area contributed by atoms with Gasteiger partial charge < -0.3 is 20.7 Å². The maximum Gasteiger partial charge on any atom is 0.227 e. The Morgan fingerprint density at radius 3 is 2.93 bits per heavy atom. The number of hydrogen-bond donors (Lipinski definition) is 3. The second-order valence-corrected chi connectivity index (χ2v) is 7.66. The molecule has 3 N–H and O–H groups in total. The summed E-state index contributed by atoms with van der Waals surface area (Å²) >= 11 is 7.58. The summed E-state index contributed by atoms with van der Waals surface area (Å²) in [6.07, 6.45) is 4.48. The lowest BCUT2D eigenvalue weighted by Gasteiger charge is -2.20. The molecule has 0 atom stereocenters. The highest BCUT2D eigenvalue weighted by atomic mass is 35.5. The third kappa shape index (κ3) is 6.24. The summed E-state index contributed by atoms with van der Waals surface area (Å²) in [5.41, 5.74) is 0.773. The van der Waals surface area contributed by atoms with E-state index in [9.17, 15) is 4.79 Å². The average molecular weight is 431 g/mol. The van der Waals surface area contributed by atoms with Crippen LogP contribution in [0.2, 0.25) is 5.02 Å². The van der Waals surface area contributed by atoms with Crippen LogP contribution >= 0.6 is 35.3 Å². The minimum atomic E-state index is -0.0651. The van der Waals surface area contributed by atoms with E-state index in [0.717, 1.165) is 31.6 Å². The number of benzene rings is 1. The maximum absolute atomic E-state index is 12.2. The van der Waals surface area contributed by atoms with Crippen LogP contribution in [-0.2, 0) is 4.79 Å². The van der Waals surface area contributed by atoms with Crippen LogP contribution in [0.1, 0.15) is 30.1 Å². The van der Waals surface area contributed by atoms with Crippen molar-refractivity contribution in [2.75, 3.05) is 37.4 Å². The topological polar surface area (TPSA) is 75.3 Å². The standard InChI is InChI=1S/C18H23ClN4O2S.ClH/c1-25-15-3-2-13(19)10-14(15)21-9-6-17(24)23-18-22-11-16(26-18)12-4-7-20-8-5-12;/h2-3,10-12,20-21H,4-9H2,1H3,(H,22,23,24);1H. The molecule has 1 saturated heterocycles. The first kappa shape index (κ1) is 21.8. The van der Waals surface area contributed by atoms with E-state index in [0.29, 0.717) is 34.8 Å². The van der Waals surface area contributed by atoms with Gasteiger partial charge in [-0.1, -0.05) is 11.6 Å². The lowest BCUT2D eigenvalue weighted by molar-refractivity contribution is -0.115. The van der Waals surface area contributed by atoms with Crippen molar-refractivity contribution in [3.63, 3.8) is 0 Å². The number of nitrogens with zero attached hydrogens (tertiary/aromatic N) is 1.